The molecule has 0 saturated heterocycles. The van der Waals surface area contributed by atoms with Crippen LogP contribution in [0.5, 0.6) is 5.75 Å². The van der Waals surface area contributed by atoms with Gasteiger partial charge in [-0.25, -0.2) is 0 Å². The van der Waals surface area contributed by atoms with Gasteiger partial charge in [-0.1, -0.05) is 19.1 Å². The lowest BCUT2D eigenvalue weighted by atomic mass is 9.97. The second kappa shape index (κ2) is 5.38. The van der Waals surface area contributed by atoms with E-state index in [0.29, 0.717) is 6.54 Å². The fourth-order valence-corrected chi connectivity index (χ4v) is 1.53. The minimum atomic E-state index is -0.286. The molecule has 0 heterocycles. The van der Waals surface area contributed by atoms with Gasteiger partial charge in [-0.15, -0.1) is 0 Å². The molecule has 80 valence electrons. The first kappa shape index (κ1) is 11.5. The van der Waals surface area contributed by atoms with Crippen LogP contribution in [-0.2, 0) is 6.42 Å². The maximum Gasteiger partial charge on any atom is 0.123 e. The minimum Gasteiger partial charge on any atom is -0.496 e. The lowest BCUT2D eigenvalue weighted by molar-refractivity contribution is 0.408. The second-order valence-electron chi connectivity index (χ2n) is 3.35. The Labute approximate surface area is 90.5 Å². The Bertz CT molecular complexity index is 368. The summed E-state index contributed by atoms with van der Waals surface area (Å²) in [6.07, 6.45) is 0.944. The number of rotatable bonds is 4. The number of hydrogen-bond donors (Lipinski definition) is 1. The summed E-state index contributed by atoms with van der Waals surface area (Å²) in [6, 6.07) is 8.09. The Balaban J connectivity index is 3.17. The van der Waals surface area contributed by atoms with Crippen molar-refractivity contribution in [3.63, 3.8) is 0 Å². The smallest absolute Gasteiger partial charge is 0.123 e. The molecule has 1 unspecified atom stereocenters. The average Bonchev–Trinajstić information content (AvgIpc) is 2.30. The molecule has 3 nitrogen and oxygen atoms in total. The monoisotopic (exact) mass is 204 g/mol. The molecule has 0 saturated carbocycles. The van der Waals surface area contributed by atoms with Gasteiger partial charge in [0.15, 0.2) is 0 Å². The van der Waals surface area contributed by atoms with Gasteiger partial charge in [-0.2, -0.15) is 5.26 Å². The van der Waals surface area contributed by atoms with Crippen molar-refractivity contribution in [1.29, 1.82) is 5.26 Å². The van der Waals surface area contributed by atoms with E-state index in [1.165, 1.54) is 5.56 Å². The van der Waals surface area contributed by atoms with Crippen LogP contribution >= 0.6 is 0 Å². The first-order valence-electron chi connectivity index (χ1n) is 5.03. The molecule has 1 aromatic rings. The molecule has 0 fully saturated rings. The topological polar surface area (TPSA) is 59.0 Å². The highest BCUT2D eigenvalue weighted by Gasteiger charge is 2.14. The predicted octanol–water partition coefficient (Wildman–Crippen LogP) is 1.82. The number of aryl methyl sites for hydroxylation is 1. The van der Waals surface area contributed by atoms with E-state index in [1.807, 2.05) is 18.2 Å². The van der Waals surface area contributed by atoms with Crippen LogP contribution in [-0.4, -0.2) is 13.7 Å². The van der Waals surface area contributed by atoms with Crippen LogP contribution in [0, 0.1) is 11.3 Å². The molecular formula is C12H16N2O. The van der Waals surface area contributed by atoms with Crippen molar-refractivity contribution in [1.82, 2.24) is 0 Å². The van der Waals surface area contributed by atoms with Crippen LogP contribution in [0.4, 0.5) is 0 Å². The summed E-state index contributed by atoms with van der Waals surface area (Å²) in [5, 5.41) is 8.98. The molecule has 0 radical (unpaired) electrons. The van der Waals surface area contributed by atoms with Crippen molar-refractivity contribution in [2.24, 2.45) is 5.73 Å². The van der Waals surface area contributed by atoms with Crippen molar-refractivity contribution in [3.8, 4) is 11.8 Å². The minimum absolute atomic E-state index is 0.286. The molecular weight excluding hydrogens is 188 g/mol. The van der Waals surface area contributed by atoms with E-state index in [0.717, 1.165) is 17.7 Å². The molecule has 1 rings (SSSR count). The summed E-state index contributed by atoms with van der Waals surface area (Å²) in [5.74, 6) is 0.454. The van der Waals surface area contributed by atoms with Gasteiger partial charge in [-0.05, 0) is 18.1 Å². The number of nitriles is 1. The Hall–Kier alpha value is -1.53. The van der Waals surface area contributed by atoms with E-state index >= 15 is 0 Å². The molecule has 15 heavy (non-hydrogen) atoms. The molecule has 0 aliphatic rings. The van der Waals surface area contributed by atoms with Gasteiger partial charge >= 0.3 is 0 Å². The summed E-state index contributed by atoms with van der Waals surface area (Å²) < 4.78 is 5.22. The van der Waals surface area contributed by atoms with Gasteiger partial charge < -0.3 is 10.5 Å². The second-order valence-corrected chi connectivity index (χ2v) is 3.35. The van der Waals surface area contributed by atoms with E-state index in [9.17, 15) is 0 Å². The van der Waals surface area contributed by atoms with Crippen molar-refractivity contribution >= 4 is 0 Å². The zero-order valence-electron chi connectivity index (χ0n) is 9.16. The third-order valence-corrected chi connectivity index (χ3v) is 2.47. The van der Waals surface area contributed by atoms with E-state index in [2.05, 4.69) is 13.0 Å². The summed E-state index contributed by atoms with van der Waals surface area (Å²) in [7, 11) is 1.61. The molecule has 0 spiro atoms. The van der Waals surface area contributed by atoms with Crippen molar-refractivity contribution in [3.05, 3.63) is 29.3 Å². The van der Waals surface area contributed by atoms with Crippen molar-refractivity contribution in [2.45, 2.75) is 19.3 Å². The van der Waals surface area contributed by atoms with Gasteiger partial charge in [0.2, 0.25) is 0 Å². The molecule has 0 aromatic heterocycles. The first-order chi connectivity index (χ1) is 7.26. The molecule has 0 amide bonds. The standard InChI is InChI=1S/C12H16N2O/c1-3-9-4-5-12(15-2)11(6-9)10(7-13)8-14/h4-6,10H,3,7,13H2,1-2H3. The van der Waals surface area contributed by atoms with E-state index in [4.69, 9.17) is 15.7 Å². The average molecular weight is 204 g/mol. The van der Waals surface area contributed by atoms with Crippen LogP contribution < -0.4 is 10.5 Å². The molecule has 0 aliphatic heterocycles. The Morgan fingerprint density at radius 3 is 2.73 bits per heavy atom. The van der Waals surface area contributed by atoms with Gasteiger partial charge in [0, 0.05) is 12.1 Å². The van der Waals surface area contributed by atoms with E-state index < -0.39 is 0 Å². The fourth-order valence-electron chi connectivity index (χ4n) is 1.53. The highest BCUT2D eigenvalue weighted by Crippen LogP contribution is 2.27. The molecule has 2 N–H and O–H groups in total. The lowest BCUT2D eigenvalue weighted by Crippen LogP contribution is -2.12. The number of benzene rings is 1. The Morgan fingerprint density at radius 1 is 1.53 bits per heavy atom. The van der Waals surface area contributed by atoms with Crippen LogP contribution in [0.15, 0.2) is 18.2 Å². The first-order valence-corrected chi connectivity index (χ1v) is 5.03. The summed E-state index contributed by atoms with van der Waals surface area (Å²) in [5.41, 5.74) is 7.64. The maximum atomic E-state index is 8.98. The number of ether oxygens (including phenoxy) is 1. The quantitative estimate of drug-likeness (QED) is 0.813. The number of nitrogens with zero attached hydrogens (tertiary/aromatic N) is 1. The number of nitrogens with two attached hydrogens (primary N) is 1. The maximum absolute atomic E-state index is 8.98. The molecule has 0 aliphatic carbocycles. The molecule has 3 heteroatoms. The summed E-state index contributed by atoms with van der Waals surface area (Å²) in [6.45, 7) is 2.40. The molecule has 1 atom stereocenters. The van der Waals surface area contributed by atoms with Gasteiger partial charge in [-0.3, -0.25) is 0 Å². The highest BCUT2D eigenvalue weighted by molar-refractivity contribution is 5.42. The van der Waals surface area contributed by atoms with Crippen LogP contribution in [0.25, 0.3) is 0 Å². The third-order valence-electron chi connectivity index (χ3n) is 2.47. The van der Waals surface area contributed by atoms with Crippen molar-refractivity contribution in [2.75, 3.05) is 13.7 Å². The number of methoxy groups -OCH3 is 1. The normalized spacial score (nSPS) is 11.9. The van der Waals surface area contributed by atoms with Crippen LogP contribution in [0.1, 0.15) is 24.0 Å². The SMILES string of the molecule is CCc1ccc(OC)c(C(C#N)CN)c1. The van der Waals surface area contributed by atoms with Crippen LogP contribution in [0.3, 0.4) is 0 Å². The molecule has 1 aromatic carbocycles. The summed E-state index contributed by atoms with van der Waals surface area (Å²) in [4.78, 5) is 0. The fraction of sp³-hybridized carbons (Fsp3) is 0.417. The van der Waals surface area contributed by atoms with Crippen LogP contribution in [0.2, 0.25) is 0 Å². The van der Waals surface area contributed by atoms with Gasteiger partial charge in [0.1, 0.15) is 5.75 Å². The Kier molecular flexibility index (Phi) is 4.14. The molecule has 0 bridgehead atoms. The van der Waals surface area contributed by atoms with Crippen molar-refractivity contribution < 1.29 is 4.74 Å². The number of hydrogen-bond acceptors (Lipinski definition) is 3. The lowest BCUT2D eigenvalue weighted by Gasteiger charge is -2.13. The predicted molar refractivity (Wildman–Crippen MR) is 59.8 cm³/mol. The van der Waals surface area contributed by atoms with E-state index in [1.54, 1.807) is 7.11 Å². The Morgan fingerprint density at radius 2 is 2.27 bits per heavy atom. The zero-order valence-corrected chi connectivity index (χ0v) is 9.16. The van der Waals surface area contributed by atoms with Gasteiger partial charge in [0.25, 0.3) is 0 Å². The highest BCUT2D eigenvalue weighted by atomic mass is 16.5. The van der Waals surface area contributed by atoms with E-state index in [-0.39, 0.29) is 5.92 Å². The van der Waals surface area contributed by atoms with Gasteiger partial charge in [0.05, 0.1) is 19.1 Å². The largest absolute Gasteiger partial charge is 0.496 e. The zero-order chi connectivity index (χ0) is 11.3. The summed E-state index contributed by atoms with van der Waals surface area (Å²) >= 11 is 0. The third kappa shape index (κ3) is 2.48.